The van der Waals surface area contributed by atoms with Crippen molar-refractivity contribution in [3.05, 3.63) is 59.7 Å². The molecule has 1 aliphatic rings. The number of aryl methyl sites for hydroxylation is 1. The highest BCUT2D eigenvalue weighted by Crippen LogP contribution is 2.31. The van der Waals surface area contributed by atoms with Gasteiger partial charge in [-0.25, -0.2) is 9.97 Å². The van der Waals surface area contributed by atoms with Crippen LogP contribution in [0.15, 0.2) is 48.5 Å². The Labute approximate surface area is 183 Å². The maximum absolute atomic E-state index is 12.9. The number of para-hydroxylation sites is 2. The summed E-state index contributed by atoms with van der Waals surface area (Å²) in [4.78, 5) is 24.7. The molecule has 0 saturated carbocycles. The number of piperidine rings is 1. The van der Waals surface area contributed by atoms with Crippen molar-refractivity contribution in [2.45, 2.75) is 39.7 Å². The van der Waals surface area contributed by atoms with E-state index in [0.29, 0.717) is 25.6 Å². The summed E-state index contributed by atoms with van der Waals surface area (Å²) in [6, 6.07) is 16.0. The fourth-order valence-electron chi connectivity index (χ4n) is 3.99. The van der Waals surface area contributed by atoms with Crippen LogP contribution in [-0.4, -0.2) is 35.6 Å². The Bertz CT molecular complexity index is 1050. The molecule has 1 fully saturated rings. The topological polar surface area (TPSA) is 67.4 Å². The molecule has 2 heterocycles. The van der Waals surface area contributed by atoms with Gasteiger partial charge in [0.25, 0.3) is 5.88 Å². The minimum absolute atomic E-state index is 0.0786. The summed E-state index contributed by atoms with van der Waals surface area (Å²) in [5.41, 5.74) is 4.01. The number of rotatable bonds is 7. The van der Waals surface area contributed by atoms with Gasteiger partial charge in [0, 0.05) is 19.6 Å². The zero-order chi connectivity index (χ0) is 21.6. The van der Waals surface area contributed by atoms with Crippen molar-refractivity contribution in [3.63, 3.8) is 0 Å². The van der Waals surface area contributed by atoms with Crippen LogP contribution in [0.25, 0.3) is 11.0 Å². The van der Waals surface area contributed by atoms with Gasteiger partial charge in [0.2, 0.25) is 5.91 Å². The fourth-order valence-corrected chi connectivity index (χ4v) is 3.99. The van der Waals surface area contributed by atoms with E-state index >= 15 is 0 Å². The van der Waals surface area contributed by atoms with Crippen LogP contribution in [-0.2, 0) is 11.3 Å². The first-order valence-corrected chi connectivity index (χ1v) is 11.1. The summed E-state index contributed by atoms with van der Waals surface area (Å²) in [5, 5.41) is 3.13. The van der Waals surface area contributed by atoms with Crippen molar-refractivity contribution < 1.29 is 9.53 Å². The lowest BCUT2D eigenvalue weighted by Crippen LogP contribution is -2.43. The van der Waals surface area contributed by atoms with Gasteiger partial charge in [-0.3, -0.25) is 4.79 Å². The second kappa shape index (κ2) is 9.77. The van der Waals surface area contributed by atoms with Gasteiger partial charge in [-0.1, -0.05) is 43.3 Å². The van der Waals surface area contributed by atoms with Crippen molar-refractivity contribution in [2.75, 3.05) is 24.6 Å². The maximum Gasteiger partial charge on any atom is 0.258 e. The third-order valence-corrected chi connectivity index (χ3v) is 5.77. The molecule has 1 amide bonds. The van der Waals surface area contributed by atoms with Gasteiger partial charge >= 0.3 is 0 Å². The van der Waals surface area contributed by atoms with Crippen molar-refractivity contribution in [1.82, 2.24) is 15.3 Å². The number of aromatic nitrogens is 2. The molecule has 0 bridgehead atoms. The van der Waals surface area contributed by atoms with Crippen LogP contribution >= 0.6 is 0 Å². The molecule has 4 rings (SSSR count). The summed E-state index contributed by atoms with van der Waals surface area (Å²) in [7, 11) is 0. The molecule has 31 heavy (non-hydrogen) atoms. The predicted molar refractivity (Wildman–Crippen MR) is 123 cm³/mol. The third-order valence-electron chi connectivity index (χ3n) is 5.77. The molecule has 0 aliphatic carbocycles. The van der Waals surface area contributed by atoms with Gasteiger partial charge < -0.3 is 15.0 Å². The summed E-state index contributed by atoms with van der Waals surface area (Å²) in [6.07, 6.45) is 2.71. The fraction of sp³-hybridized carbons (Fsp3) is 0.400. The number of nitrogens with one attached hydrogen (secondary N) is 1. The van der Waals surface area contributed by atoms with E-state index in [9.17, 15) is 4.79 Å². The lowest BCUT2D eigenvalue weighted by atomic mass is 9.97. The molecule has 0 spiro atoms. The van der Waals surface area contributed by atoms with E-state index in [1.54, 1.807) is 0 Å². The Morgan fingerprint density at radius 2 is 1.87 bits per heavy atom. The zero-order valence-electron chi connectivity index (χ0n) is 18.3. The second-order valence-electron chi connectivity index (χ2n) is 8.12. The van der Waals surface area contributed by atoms with Crippen molar-refractivity contribution >= 4 is 22.8 Å². The van der Waals surface area contributed by atoms with E-state index in [-0.39, 0.29) is 11.8 Å². The average Bonchev–Trinajstić information content (AvgIpc) is 2.81. The number of benzene rings is 2. The smallest absolute Gasteiger partial charge is 0.258 e. The van der Waals surface area contributed by atoms with E-state index < -0.39 is 0 Å². The largest absolute Gasteiger partial charge is 0.475 e. The number of ether oxygens (including phenoxy) is 1. The van der Waals surface area contributed by atoms with Crippen molar-refractivity contribution in [2.24, 2.45) is 5.92 Å². The van der Waals surface area contributed by atoms with Gasteiger partial charge in [0.1, 0.15) is 0 Å². The third kappa shape index (κ3) is 4.95. The zero-order valence-corrected chi connectivity index (χ0v) is 18.3. The summed E-state index contributed by atoms with van der Waals surface area (Å²) in [5.74, 6) is 1.31. The average molecular weight is 419 g/mol. The standard InChI is InChI=1S/C25H30N4O2/c1-3-15-31-25-23(27-21-12-6-7-13-22(21)28-25)29-14-8-11-20(17-29)24(30)26-16-19-10-5-4-9-18(19)2/h4-7,9-10,12-13,20H,3,8,11,14-17H2,1-2H3,(H,26,30)/t20-/m0/s1. The Morgan fingerprint density at radius 1 is 1.13 bits per heavy atom. The maximum atomic E-state index is 12.9. The van der Waals surface area contributed by atoms with Crippen LogP contribution in [0.2, 0.25) is 0 Å². The number of fused-ring (bicyclic) bond motifs is 1. The van der Waals surface area contributed by atoms with Crippen molar-refractivity contribution in [1.29, 1.82) is 0 Å². The molecule has 1 saturated heterocycles. The van der Waals surface area contributed by atoms with E-state index in [1.807, 2.05) is 36.4 Å². The second-order valence-corrected chi connectivity index (χ2v) is 8.12. The Balaban J connectivity index is 1.50. The molecule has 1 aromatic heterocycles. The molecule has 162 valence electrons. The number of hydrogen-bond acceptors (Lipinski definition) is 5. The van der Waals surface area contributed by atoms with Gasteiger partial charge in [0.15, 0.2) is 5.82 Å². The normalized spacial score (nSPS) is 16.3. The highest BCUT2D eigenvalue weighted by Gasteiger charge is 2.29. The summed E-state index contributed by atoms with van der Waals surface area (Å²) < 4.78 is 5.95. The number of nitrogens with zero attached hydrogens (tertiary/aromatic N) is 3. The van der Waals surface area contributed by atoms with Crippen LogP contribution < -0.4 is 15.0 Å². The van der Waals surface area contributed by atoms with Crippen LogP contribution in [0.5, 0.6) is 5.88 Å². The first-order chi connectivity index (χ1) is 15.2. The van der Waals surface area contributed by atoms with Gasteiger partial charge in [-0.05, 0) is 49.4 Å². The van der Waals surface area contributed by atoms with E-state index in [4.69, 9.17) is 14.7 Å². The minimum Gasteiger partial charge on any atom is -0.475 e. The SMILES string of the molecule is CCCOc1nc2ccccc2nc1N1CCC[C@H](C(=O)NCc2ccccc2C)C1. The molecule has 6 nitrogen and oxygen atoms in total. The number of carbonyl (C=O) groups excluding carboxylic acids is 1. The Morgan fingerprint density at radius 3 is 2.65 bits per heavy atom. The van der Waals surface area contributed by atoms with Crippen LogP contribution in [0.3, 0.4) is 0 Å². The first-order valence-electron chi connectivity index (χ1n) is 11.1. The lowest BCUT2D eigenvalue weighted by Gasteiger charge is -2.33. The van der Waals surface area contributed by atoms with Gasteiger partial charge in [-0.15, -0.1) is 0 Å². The lowest BCUT2D eigenvalue weighted by molar-refractivity contribution is -0.125. The van der Waals surface area contributed by atoms with Crippen LogP contribution in [0, 0.1) is 12.8 Å². The molecule has 1 aliphatic heterocycles. The van der Waals surface area contributed by atoms with E-state index in [0.717, 1.165) is 48.2 Å². The molecule has 6 heteroatoms. The quantitative estimate of drug-likeness (QED) is 0.621. The number of hydrogen-bond donors (Lipinski definition) is 1. The van der Waals surface area contributed by atoms with E-state index in [1.165, 1.54) is 5.56 Å². The summed E-state index contributed by atoms with van der Waals surface area (Å²) in [6.45, 7) is 6.76. The number of carbonyl (C=O) groups is 1. The molecule has 1 N–H and O–H groups in total. The molecular formula is C25H30N4O2. The van der Waals surface area contributed by atoms with Gasteiger partial charge in [0.05, 0.1) is 23.6 Å². The highest BCUT2D eigenvalue weighted by atomic mass is 16.5. The van der Waals surface area contributed by atoms with Crippen LogP contribution in [0.4, 0.5) is 5.82 Å². The van der Waals surface area contributed by atoms with Crippen molar-refractivity contribution in [3.8, 4) is 5.88 Å². The predicted octanol–water partition coefficient (Wildman–Crippen LogP) is 4.26. The number of amides is 1. The number of anilines is 1. The monoisotopic (exact) mass is 418 g/mol. The van der Waals surface area contributed by atoms with E-state index in [2.05, 4.69) is 36.2 Å². The minimum atomic E-state index is -0.0786. The van der Waals surface area contributed by atoms with Gasteiger partial charge in [-0.2, -0.15) is 0 Å². The molecule has 0 unspecified atom stereocenters. The van der Waals surface area contributed by atoms with Crippen LogP contribution in [0.1, 0.15) is 37.3 Å². The molecule has 2 aromatic carbocycles. The Kier molecular flexibility index (Phi) is 6.65. The first kappa shape index (κ1) is 21.1. The summed E-state index contributed by atoms with van der Waals surface area (Å²) >= 11 is 0. The molecule has 3 aromatic rings. The Hall–Kier alpha value is -3.15. The molecular weight excluding hydrogens is 388 g/mol. The molecule has 0 radical (unpaired) electrons. The molecule has 1 atom stereocenters. The highest BCUT2D eigenvalue weighted by molar-refractivity contribution is 5.80.